The molecule has 0 saturated carbocycles. The van der Waals surface area contributed by atoms with Gasteiger partial charge in [-0.1, -0.05) is 112 Å². The summed E-state index contributed by atoms with van der Waals surface area (Å²) in [5.41, 5.74) is 1.22. The zero-order valence-corrected chi connectivity index (χ0v) is 26.0. The van der Waals surface area contributed by atoms with Gasteiger partial charge < -0.3 is 14.2 Å². The number of likely N-dealkylation sites (tertiary alicyclic amines) is 1. The van der Waals surface area contributed by atoms with E-state index in [0.717, 1.165) is 16.7 Å². The highest BCUT2D eigenvalue weighted by Gasteiger charge is 2.64. The number of ether oxygens (including phenoxy) is 3. The van der Waals surface area contributed by atoms with E-state index in [2.05, 4.69) is 0 Å². The van der Waals surface area contributed by atoms with Gasteiger partial charge in [-0.2, -0.15) is 0 Å². The van der Waals surface area contributed by atoms with E-state index < -0.39 is 52.8 Å². The maximum absolute atomic E-state index is 14.1. The van der Waals surface area contributed by atoms with Crippen molar-refractivity contribution in [2.24, 2.45) is 17.3 Å². The number of esters is 3. The van der Waals surface area contributed by atoms with E-state index >= 15 is 0 Å². The fraction of sp³-hybridized carbons (Fsp3) is 0.417. The first kappa shape index (κ1) is 32.0. The van der Waals surface area contributed by atoms with Gasteiger partial charge >= 0.3 is 17.9 Å². The molecule has 1 heterocycles. The van der Waals surface area contributed by atoms with Gasteiger partial charge in [0.25, 0.3) is 0 Å². The van der Waals surface area contributed by atoms with Gasteiger partial charge in [-0.05, 0) is 42.9 Å². The second-order valence-electron chi connectivity index (χ2n) is 13.2. The third-order valence-electron chi connectivity index (χ3n) is 7.87. The summed E-state index contributed by atoms with van der Waals surface area (Å²) in [6, 6.07) is 26.3. The third kappa shape index (κ3) is 7.90. The molecule has 0 aromatic heterocycles. The molecule has 0 bridgehead atoms. The van der Waals surface area contributed by atoms with Crippen LogP contribution in [-0.4, -0.2) is 40.4 Å². The fourth-order valence-electron chi connectivity index (χ4n) is 6.01. The minimum atomic E-state index is -1.06. The van der Waals surface area contributed by atoms with Crippen LogP contribution in [0.3, 0.4) is 0 Å². The molecule has 1 fully saturated rings. The van der Waals surface area contributed by atoms with Crippen LogP contribution in [0.1, 0.15) is 58.2 Å². The third-order valence-corrected chi connectivity index (χ3v) is 7.87. The molecule has 43 heavy (non-hydrogen) atoms. The highest BCUT2D eigenvalue weighted by atomic mass is 16.5. The van der Waals surface area contributed by atoms with Crippen molar-refractivity contribution in [1.29, 1.82) is 0 Å². The van der Waals surface area contributed by atoms with Crippen LogP contribution in [0, 0.1) is 17.3 Å². The zero-order valence-electron chi connectivity index (χ0n) is 26.0. The lowest BCUT2D eigenvalue weighted by Crippen LogP contribution is -2.56. The summed E-state index contributed by atoms with van der Waals surface area (Å²) >= 11 is 0. The van der Waals surface area contributed by atoms with Gasteiger partial charge in [0.05, 0.1) is 5.92 Å². The van der Waals surface area contributed by atoms with Gasteiger partial charge in [0.2, 0.25) is 0 Å². The molecule has 1 aliphatic rings. The smallest absolute Gasteiger partial charge is 0.324 e. The van der Waals surface area contributed by atoms with E-state index in [-0.39, 0.29) is 19.8 Å². The lowest BCUT2D eigenvalue weighted by Gasteiger charge is -2.41. The SMILES string of the molecule is CC(C)(C)C1C(C(=O)OCc2ccccc2)C(C(=O)OCc2ccccc2)N(C(C)(C)C)C1C(=O)OCc1ccccc1. The van der Waals surface area contributed by atoms with E-state index in [4.69, 9.17) is 14.2 Å². The van der Waals surface area contributed by atoms with Gasteiger partial charge in [0.15, 0.2) is 0 Å². The number of nitrogens with zero attached hydrogens (tertiary/aromatic N) is 1. The van der Waals surface area contributed by atoms with Gasteiger partial charge in [0, 0.05) is 11.5 Å². The molecule has 0 radical (unpaired) electrons. The molecule has 4 atom stereocenters. The maximum Gasteiger partial charge on any atom is 0.324 e. The average Bonchev–Trinajstić information content (AvgIpc) is 3.37. The van der Waals surface area contributed by atoms with Crippen LogP contribution in [0.15, 0.2) is 91.0 Å². The van der Waals surface area contributed by atoms with Crippen LogP contribution >= 0.6 is 0 Å². The van der Waals surface area contributed by atoms with Crippen molar-refractivity contribution >= 4 is 17.9 Å². The van der Waals surface area contributed by atoms with E-state index in [0.29, 0.717) is 0 Å². The summed E-state index contributed by atoms with van der Waals surface area (Å²) in [6.45, 7) is 11.9. The van der Waals surface area contributed by atoms with E-state index in [1.165, 1.54) is 0 Å². The number of hydrogen-bond donors (Lipinski definition) is 0. The quantitative estimate of drug-likeness (QED) is 0.214. The van der Waals surface area contributed by atoms with Crippen molar-refractivity contribution in [2.75, 3.05) is 0 Å². The molecular weight excluding hydrogens is 542 g/mol. The molecule has 0 spiro atoms. The Morgan fingerprint density at radius 2 is 0.907 bits per heavy atom. The van der Waals surface area contributed by atoms with Crippen molar-refractivity contribution in [3.8, 4) is 0 Å². The van der Waals surface area contributed by atoms with Crippen LogP contribution in [0.25, 0.3) is 0 Å². The molecule has 7 heteroatoms. The largest absolute Gasteiger partial charge is 0.461 e. The van der Waals surface area contributed by atoms with Crippen molar-refractivity contribution in [1.82, 2.24) is 4.90 Å². The first-order valence-electron chi connectivity index (χ1n) is 14.8. The van der Waals surface area contributed by atoms with Crippen LogP contribution in [-0.2, 0) is 48.4 Å². The Bertz CT molecular complexity index is 1280. The monoisotopic (exact) mass is 585 g/mol. The predicted molar refractivity (Wildman–Crippen MR) is 164 cm³/mol. The molecule has 1 saturated heterocycles. The molecule has 0 amide bonds. The number of hydrogen-bond acceptors (Lipinski definition) is 7. The Morgan fingerprint density at radius 1 is 0.558 bits per heavy atom. The minimum Gasteiger partial charge on any atom is -0.461 e. The number of carbonyl (C=O) groups excluding carboxylic acids is 3. The second kappa shape index (κ2) is 13.6. The highest BCUT2D eigenvalue weighted by molar-refractivity contribution is 5.89. The number of carbonyl (C=O) groups is 3. The van der Waals surface area contributed by atoms with Crippen molar-refractivity contribution in [2.45, 2.75) is 79.0 Å². The molecule has 0 N–H and O–H groups in total. The van der Waals surface area contributed by atoms with Gasteiger partial charge in [0.1, 0.15) is 31.9 Å². The van der Waals surface area contributed by atoms with E-state index in [1.54, 1.807) is 0 Å². The highest BCUT2D eigenvalue weighted by Crippen LogP contribution is 2.49. The lowest BCUT2D eigenvalue weighted by atomic mass is 9.70. The maximum atomic E-state index is 14.1. The van der Waals surface area contributed by atoms with Gasteiger partial charge in [-0.3, -0.25) is 19.3 Å². The Balaban J connectivity index is 1.73. The molecule has 7 nitrogen and oxygen atoms in total. The van der Waals surface area contributed by atoms with Crippen molar-refractivity contribution < 1.29 is 28.6 Å². The molecule has 4 rings (SSSR count). The van der Waals surface area contributed by atoms with Crippen LogP contribution in [0.5, 0.6) is 0 Å². The Morgan fingerprint density at radius 3 is 1.26 bits per heavy atom. The summed E-state index contributed by atoms with van der Waals surface area (Å²) in [5, 5.41) is 0. The molecule has 4 unspecified atom stereocenters. The van der Waals surface area contributed by atoms with E-state index in [1.807, 2.05) is 137 Å². The normalized spacial score (nSPS) is 20.8. The standard InChI is InChI=1S/C36H43NO6/c1-35(2,3)29-28(32(38)41-22-25-16-10-7-11-17-25)30(33(39)42-23-26-18-12-8-13-19-26)37(36(4,5)6)31(29)34(40)43-24-27-20-14-9-15-21-27/h7-21,28-31H,22-24H2,1-6H3. The molecule has 0 aliphatic carbocycles. The fourth-order valence-corrected chi connectivity index (χ4v) is 6.01. The second-order valence-corrected chi connectivity index (χ2v) is 13.2. The van der Waals surface area contributed by atoms with Crippen LogP contribution < -0.4 is 0 Å². The average molecular weight is 586 g/mol. The molecule has 1 aliphatic heterocycles. The predicted octanol–water partition coefficient (Wildman–Crippen LogP) is 6.35. The topological polar surface area (TPSA) is 82.1 Å². The molecule has 228 valence electrons. The minimum absolute atomic E-state index is 0.0449. The number of benzene rings is 3. The Hall–Kier alpha value is -3.97. The number of rotatable bonds is 9. The Kier molecular flexibility index (Phi) is 10.1. The molecule has 3 aromatic rings. The summed E-state index contributed by atoms with van der Waals surface area (Å²) in [5.74, 6) is -3.18. The van der Waals surface area contributed by atoms with Gasteiger partial charge in [-0.15, -0.1) is 0 Å². The molecule has 3 aromatic carbocycles. The van der Waals surface area contributed by atoms with Crippen LogP contribution in [0.2, 0.25) is 0 Å². The summed E-state index contributed by atoms with van der Waals surface area (Å²) in [4.78, 5) is 44.0. The van der Waals surface area contributed by atoms with Gasteiger partial charge in [-0.25, -0.2) is 0 Å². The van der Waals surface area contributed by atoms with Crippen molar-refractivity contribution in [3.05, 3.63) is 108 Å². The van der Waals surface area contributed by atoms with Crippen LogP contribution in [0.4, 0.5) is 0 Å². The zero-order chi connectivity index (χ0) is 31.2. The lowest BCUT2D eigenvalue weighted by molar-refractivity contribution is -0.164. The summed E-state index contributed by atoms with van der Waals surface area (Å²) < 4.78 is 17.6. The first-order chi connectivity index (χ1) is 20.4. The van der Waals surface area contributed by atoms with E-state index in [9.17, 15) is 14.4 Å². The molecular formula is C36H43NO6. The summed E-state index contributed by atoms with van der Waals surface area (Å²) in [6.07, 6.45) is 0. The van der Waals surface area contributed by atoms with Crippen molar-refractivity contribution in [3.63, 3.8) is 0 Å². The Labute approximate surface area is 255 Å². The first-order valence-corrected chi connectivity index (χ1v) is 14.8. The summed E-state index contributed by atoms with van der Waals surface area (Å²) in [7, 11) is 0.